The molecule has 1 aromatic heterocycles. The summed E-state index contributed by atoms with van der Waals surface area (Å²) in [6, 6.07) is 7.32. The summed E-state index contributed by atoms with van der Waals surface area (Å²) in [7, 11) is 0. The predicted octanol–water partition coefficient (Wildman–Crippen LogP) is 3.61. The Morgan fingerprint density at radius 3 is 2.90 bits per heavy atom. The average Bonchev–Trinajstić information content (AvgIpc) is 3.16. The summed E-state index contributed by atoms with van der Waals surface area (Å²) < 4.78 is 6.21. The van der Waals surface area contributed by atoms with E-state index in [-0.39, 0.29) is 5.91 Å². The van der Waals surface area contributed by atoms with Crippen LogP contribution in [0.3, 0.4) is 0 Å². The summed E-state index contributed by atoms with van der Waals surface area (Å²) in [5.41, 5.74) is 0.678. The van der Waals surface area contributed by atoms with Crippen LogP contribution in [0.25, 0.3) is 0 Å². The first-order valence-electron chi connectivity index (χ1n) is 6.85. The number of benzene rings is 1. The van der Waals surface area contributed by atoms with Crippen molar-refractivity contribution < 1.29 is 9.53 Å². The molecule has 4 nitrogen and oxygen atoms in total. The van der Waals surface area contributed by atoms with Crippen molar-refractivity contribution in [1.82, 2.24) is 9.88 Å². The van der Waals surface area contributed by atoms with Gasteiger partial charge in [-0.1, -0.05) is 17.7 Å². The molecule has 21 heavy (non-hydrogen) atoms. The van der Waals surface area contributed by atoms with Crippen molar-refractivity contribution in [2.45, 2.75) is 19.4 Å². The van der Waals surface area contributed by atoms with Crippen molar-refractivity contribution in [2.24, 2.45) is 0 Å². The first kappa shape index (κ1) is 14.4. The molecule has 0 atom stereocenters. The summed E-state index contributed by atoms with van der Waals surface area (Å²) in [6.45, 7) is 2.11. The van der Waals surface area contributed by atoms with Crippen LogP contribution in [-0.4, -0.2) is 28.9 Å². The third kappa shape index (κ3) is 3.54. The Hall–Kier alpha value is -1.59. The number of hydrogen-bond acceptors (Lipinski definition) is 4. The Kier molecular flexibility index (Phi) is 4.41. The van der Waals surface area contributed by atoms with Crippen LogP contribution in [0, 0.1) is 0 Å². The number of halogens is 1. The number of nitrogens with zero attached hydrogens (tertiary/aromatic N) is 2. The van der Waals surface area contributed by atoms with Crippen molar-refractivity contribution in [2.75, 3.05) is 13.1 Å². The Morgan fingerprint density at radius 2 is 2.19 bits per heavy atom. The SMILES string of the molecule is O=C(c1cccc(OCc2cnc(Cl)s2)c1)N1CCCC1. The first-order valence-corrected chi connectivity index (χ1v) is 8.04. The number of thiazole rings is 1. The van der Waals surface area contributed by atoms with E-state index in [2.05, 4.69) is 4.98 Å². The maximum absolute atomic E-state index is 12.3. The van der Waals surface area contributed by atoms with E-state index in [1.165, 1.54) is 11.3 Å². The lowest BCUT2D eigenvalue weighted by molar-refractivity contribution is 0.0792. The molecule has 1 aromatic carbocycles. The van der Waals surface area contributed by atoms with E-state index >= 15 is 0 Å². The van der Waals surface area contributed by atoms with Gasteiger partial charge >= 0.3 is 0 Å². The molecule has 1 saturated heterocycles. The van der Waals surface area contributed by atoms with Crippen molar-refractivity contribution in [3.05, 3.63) is 45.4 Å². The van der Waals surface area contributed by atoms with Crippen molar-refractivity contribution in [1.29, 1.82) is 0 Å². The lowest BCUT2D eigenvalue weighted by Gasteiger charge is -2.15. The fourth-order valence-corrected chi connectivity index (χ4v) is 3.22. The maximum atomic E-state index is 12.3. The highest BCUT2D eigenvalue weighted by Gasteiger charge is 2.19. The fourth-order valence-electron chi connectivity index (χ4n) is 2.33. The molecule has 0 aliphatic carbocycles. The van der Waals surface area contributed by atoms with Gasteiger partial charge in [0.1, 0.15) is 12.4 Å². The molecule has 0 N–H and O–H groups in total. The molecule has 0 radical (unpaired) electrons. The molecule has 0 unspecified atom stereocenters. The van der Waals surface area contributed by atoms with Crippen LogP contribution in [-0.2, 0) is 6.61 Å². The van der Waals surface area contributed by atoms with E-state index < -0.39 is 0 Å². The van der Waals surface area contributed by atoms with Gasteiger partial charge in [0.2, 0.25) is 0 Å². The van der Waals surface area contributed by atoms with E-state index in [9.17, 15) is 4.79 Å². The number of ether oxygens (including phenoxy) is 1. The van der Waals surface area contributed by atoms with Gasteiger partial charge in [0.25, 0.3) is 5.91 Å². The number of likely N-dealkylation sites (tertiary alicyclic amines) is 1. The molecule has 1 fully saturated rings. The van der Waals surface area contributed by atoms with Crippen LogP contribution in [0.2, 0.25) is 4.47 Å². The number of amides is 1. The maximum Gasteiger partial charge on any atom is 0.253 e. The smallest absolute Gasteiger partial charge is 0.253 e. The zero-order chi connectivity index (χ0) is 14.7. The second kappa shape index (κ2) is 6.45. The summed E-state index contributed by atoms with van der Waals surface area (Å²) in [6.07, 6.45) is 3.88. The molecule has 0 bridgehead atoms. The average molecular weight is 323 g/mol. The quantitative estimate of drug-likeness (QED) is 0.863. The fraction of sp³-hybridized carbons (Fsp3) is 0.333. The summed E-state index contributed by atoms with van der Waals surface area (Å²) in [4.78, 5) is 19.1. The van der Waals surface area contributed by atoms with Gasteiger partial charge in [-0.15, -0.1) is 11.3 Å². The molecular formula is C15H15ClN2O2S. The molecular weight excluding hydrogens is 308 g/mol. The Bertz CT molecular complexity index is 638. The van der Waals surface area contributed by atoms with Crippen LogP contribution in [0.1, 0.15) is 28.1 Å². The highest BCUT2D eigenvalue weighted by atomic mass is 35.5. The van der Waals surface area contributed by atoms with Gasteiger partial charge in [-0.3, -0.25) is 4.79 Å². The van der Waals surface area contributed by atoms with Gasteiger partial charge in [-0.25, -0.2) is 4.98 Å². The van der Waals surface area contributed by atoms with E-state index in [1.807, 2.05) is 23.1 Å². The van der Waals surface area contributed by atoms with Crippen molar-refractivity contribution >= 4 is 28.8 Å². The molecule has 0 saturated carbocycles. The van der Waals surface area contributed by atoms with E-state index in [1.54, 1.807) is 12.3 Å². The van der Waals surface area contributed by atoms with Crippen LogP contribution < -0.4 is 4.74 Å². The summed E-state index contributed by atoms with van der Waals surface area (Å²) >= 11 is 7.18. The van der Waals surface area contributed by atoms with E-state index in [4.69, 9.17) is 16.3 Å². The molecule has 110 valence electrons. The highest BCUT2D eigenvalue weighted by Crippen LogP contribution is 2.22. The normalized spacial score (nSPS) is 14.4. The standard InChI is InChI=1S/C15H15ClN2O2S/c16-15-17-9-13(21-15)10-20-12-5-3-4-11(8-12)14(19)18-6-1-2-7-18/h3-5,8-9H,1-2,6-7,10H2. The topological polar surface area (TPSA) is 42.4 Å². The van der Waals surface area contributed by atoms with Gasteiger partial charge in [0, 0.05) is 24.8 Å². The largest absolute Gasteiger partial charge is 0.488 e. The van der Waals surface area contributed by atoms with Crippen LogP contribution in [0.4, 0.5) is 0 Å². The molecule has 3 rings (SSSR count). The number of carbonyl (C=O) groups is 1. The lowest BCUT2D eigenvalue weighted by atomic mass is 10.2. The Morgan fingerprint density at radius 1 is 1.38 bits per heavy atom. The monoisotopic (exact) mass is 322 g/mol. The minimum Gasteiger partial charge on any atom is -0.488 e. The zero-order valence-electron chi connectivity index (χ0n) is 11.4. The van der Waals surface area contributed by atoms with E-state index in [0.29, 0.717) is 22.4 Å². The molecule has 1 amide bonds. The highest BCUT2D eigenvalue weighted by molar-refractivity contribution is 7.15. The number of carbonyl (C=O) groups excluding carboxylic acids is 1. The molecule has 6 heteroatoms. The van der Waals surface area contributed by atoms with Gasteiger partial charge in [-0.2, -0.15) is 0 Å². The van der Waals surface area contributed by atoms with Gasteiger partial charge in [-0.05, 0) is 31.0 Å². The minimum absolute atomic E-state index is 0.0822. The lowest BCUT2D eigenvalue weighted by Crippen LogP contribution is -2.27. The van der Waals surface area contributed by atoms with Gasteiger partial charge < -0.3 is 9.64 Å². The minimum atomic E-state index is 0.0822. The molecule has 0 spiro atoms. The Labute approximate surface area is 132 Å². The van der Waals surface area contributed by atoms with Crippen LogP contribution in [0.15, 0.2) is 30.5 Å². The first-order chi connectivity index (χ1) is 10.2. The third-order valence-electron chi connectivity index (χ3n) is 3.38. The van der Waals surface area contributed by atoms with Crippen LogP contribution >= 0.6 is 22.9 Å². The van der Waals surface area contributed by atoms with Crippen molar-refractivity contribution in [3.63, 3.8) is 0 Å². The number of rotatable bonds is 4. The molecule has 2 aromatic rings. The van der Waals surface area contributed by atoms with Gasteiger partial charge in [0.15, 0.2) is 4.47 Å². The second-order valence-corrected chi connectivity index (χ2v) is 6.59. The molecule has 1 aliphatic rings. The van der Waals surface area contributed by atoms with Crippen molar-refractivity contribution in [3.8, 4) is 5.75 Å². The third-order valence-corrected chi connectivity index (χ3v) is 4.47. The summed E-state index contributed by atoms with van der Waals surface area (Å²) in [5, 5.41) is 0. The molecule has 2 heterocycles. The van der Waals surface area contributed by atoms with Crippen LogP contribution in [0.5, 0.6) is 5.75 Å². The number of aromatic nitrogens is 1. The Balaban J connectivity index is 1.66. The van der Waals surface area contributed by atoms with Gasteiger partial charge in [0.05, 0.1) is 4.88 Å². The number of hydrogen-bond donors (Lipinski definition) is 0. The predicted molar refractivity (Wildman–Crippen MR) is 83.0 cm³/mol. The molecule has 1 aliphatic heterocycles. The summed E-state index contributed by atoms with van der Waals surface area (Å²) in [5.74, 6) is 0.767. The van der Waals surface area contributed by atoms with E-state index in [0.717, 1.165) is 30.8 Å². The second-order valence-electron chi connectivity index (χ2n) is 4.90. The zero-order valence-corrected chi connectivity index (χ0v) is 13.0.